The minimum absolute atomic E-state index is 0.188. The number of rotatable bonds is 3. The molecule has 0 saturated heterocycles. The van der Waals surface area contributed by atoms with Crippen molar-refractivity contribution in [3.05, 3.63) is 39.4 Å². The Morgan fingerprint density at radius 1 is 1.43 bits per heavy atom. The summed E-state index contributed by atoms with van der Waals surface area (Å²) in [6.45, 7) is 2.57. The van der Waals surface area contributed by atoms with E-state index in [-0.39, 0.29) is 10.6 Å². The van der Waals surface area contributed by atoms with Crippen LogP contribution >= 0.6 is 0 Å². The Labute approximate surface area is 83.3 Å². The first-order valence-electron chi connectivity index (χ1n) is 4.39. The highest BCUT2D eigenvalue weighted by molar-refractivity contribution is 5.41. The van der Waals surface area contributed by atoms with Gasteiger partial charge in [-0.05, 0) is 32.6 Å². The second-order valence-corrected chi connectivity index (χ2v) is 3.62. The van der Waals surface area contributed by atoms with Crippen LogP contribution in [0.5, 0.6) is 0 Å². The Morgan fingerprint density at radius 2 is 2.07 bits per heavy atom. The van der Waals surface area contributed by atoms with E-state index in [0.717, 1.165) is 12.1 Å². The van der Waals surface area contributed by atoms with Gasteiger partial charge in [0.1, 0.15) is 0 Å². The quantitative estimate of drug-likeness (QED) is 0.546. The molecular formula is C10H14N2O2. The molecule has 1 aromatic rings. The van der Waals surface area contributed by atoms with Gasteiger partial charge in [-0.25, -0.2) is 0 Å². The van der Waals surface area contributed by atoms with Crippen LogP contribution in [0.1, 0.15) is 11.1 Å². The van der Waals surface area contributed by atoms with E-state index in [0.29, 0.717) is 5.56 Å². The van der Waals surface area contributed by atoms with E-state index in [1.807, 2.05) is 25.1 Å². The standard InChI is InChI=1S/C10H14N2O2/c1-8-6-9(7-11(2)3)4-5-10(8)12(13)14/h4-6H,7H2,1-3H3. The number of benzene rings is 1. The number of hydrogen-bond acceptors (Lipinski definition) is 3. The van der Waals surface area contributed by atoms with E-state index in [1.165, 1.54) is 0 Å². The molecule has 0 aliphatic heterocycles. The zero-order valence-corrected chi connectivity index (χ0v) is 8.65. The van der Waals surface area contributed by atoms with Crippen LogP contribution in [0.25, 0.3) is 0 Å². The van der Waals surface area contributed by atoms with Crippen LogP contribution in [0.4, 0.5) is 5.69 Å². The van der Waals surface area contributed by atoms with Crippen molar-refractivity contribution in [3.8, 4) is 0 Å². The van der Waals surface area contributed by atoms with Crippen LogP contribution in [-0.4, -0.2) is 23.9 Å². The van der Waals surface area contributed by atoms with Gasteiger partial charge in [0.2, 0.25) is 0 Å². The molecule has 0 aliphatic rings. The lowest BCUT2D eigenvalue weighted by Gasteiger charge is -2.09. The fourth-order valence-electron chi connectivity index (χ4n) is 1.39. The third kappa shape index (κ3) is 2.53. The maximum atomic E-state index is 10.6. The fraction of sp³-hybridized carbons (Fsp3) is 0.400. The van der Waals surface area contributed by atoms with Gasteiger partial charge in [-0.1, -0.05) is 6.07 Å². The van der Waals surface area contributed by atoms with Crippen molar-refractivity contribution in [2.45, 2.75) is 13.5 Å². The summed E-state index contributed by atoms with van der Waals surface area (Å²) in [6, 6.07) is 5.22. The van der Waals surface area contributed by atoms with Gasteiger partial charge in [-0.2, -0.15) is 0 Å². The molecule has 1 rings (SSSR count). The third-order valence-electron chi connectivity index (χ3n) is 1.96. The maximum Gasteiger partial charge on any atom is 0.272 e. The van der Waals surface area contributed by atoms with E-state index in [9.17, 15) is 10.1 Å². The molecule has 0 aromatic heterocycles. The highest BCUT2D eigenvalue weighted by Crippen LogP contribution is 2.19. The first-order valence-corrected chi connectivity index (χ1v) is 4.39. The smallest absolute Gasteiger partial charge is 0.272 e. The summed E-state index contributed by atoms with van der Waals surface area (Å²) in [5.41, 5.74) is 2.00. The number of aryl methyl sites for hydroxylation is 1. The van der Waals surface area contributed by atoms with Crippen LogP contribution in [0, 0.1) is 17.0 Å². The Hall–Kier alpha value is -1.42. The highest BCUT2D eigenvalue weighted by atomic mass is 16.6. The average Bonchev–Trinajstić information content (AvgIpc) is 2.01. The van der Waals surface area contributed by atoms with Crippen LogP contribution in [0.15, 0.2) is 18.2 Å². The summed E-state index contributed by atoms with van der Waals surface area (Å²) < 4.78 is 0. The molecule has 0 heterocycles. The second-order valence-electron chi connectivity index (χ2n) is 3.62. The molecule has 0 radical (unpaired) electrons. The molecule has 0 N–H and O–H groups in total. The molecule has 14 heavy (non-hydrogen) atoms. The van der Waals surface area contributed by atoms with Crippen molar-refractivity contribution in [3.63, 3.8) is 0 Å². The highest BCUT2D eigenvalue weighted by Gasteiger charge is 2.09. The summed E-state index contributed by atoms with van der Waals surface area (Å²) in [5.74, 6) is 0. The second kappa shape index (κ2) is 4.19. The molecule has 76 valence electrons. The van der Waals surface area contributed by atoms with Crippen molar-refractivity contribution in [1.29, 1.82) is 0 Å². The van der Waals surface area contributed by atoms with E-state index in [1.54, 1.807) is 19.1 Å². The van der Waals surface area contributed by atoms with E-state index >= 15 is 0 Å². The number of nitrogens with zero attached hydrogens (tertiary/aromatic N) is 2. The zero-order valence-electron chi connectivity index (χ0n) is 8.65. The van der Waals surface area contributed by atoms with Gasteiger partial charge in [0.25, 0.3) is 5.69 Å². The predicted octanol–water partition coefficient (Wildman–Crippen LogP) is 1.96. The van der Waals surface area contributed by atoms with Crippen molar-refractivity contribution < 1.29 is 4.92 Å². The minimum atomic E-state index is -0.352. The molecular weight excluding hydrogens is 180 g/mol. The van der Waals surface area contributed by atoms with Crippen molar-refractivity contribution in [1.82, 2.24) is 4.90 Å². The molecule has 0 atom stereocenters. The van der Waals surface area contributed by atoms with Crippen LogP contribution in [0.2, 0.25) is 0 Å². The molecule has 0 amide bonds. The summed E-state index contributed by atoms with van der Waals surface area (Å²) in [4.78, 5) is 12.2. The summed E-state index contributed by atoms with van der Waals surface area (Å²) in [7, 11) is 3.94. The van der Waals surface area contributed by atoms with E-state index in [2.05, 4.69) is 0 Å². The Bertz CT molecular complexity index is 348. The fourth-order valence-corrected chi connectivity index (χ4v) is 1.39. The molecule has 0 saturated carbocycles. The largest absolute Gasteiger partial charge is 0.305 e. The molecule has 0 unspecified atom stereocenters. The topological polar surface area (TPSA) is 46.4 Å². The minimum Gasteiger partial charge on any atom is -0.305 e. The van der Waals surface area contributed by atoms with Gasteiger partial charge in [-0.15, -0.1) is 0 Å². The van der Waals surface area contributed by atoms with Crippen molar-refractivity contribution in [2.24, 2.45) is 0 Å². The van der Waals surface area contributed by atoms with E-state index in [4.69, 9.17) is 0 Å². The summed E-state index contributed by atoms with van der Waals surface area (Å²) in [5, 5.41) is 10.6. The van der Waals surface area contributed by atoms with Gasteiger partial charge in [0, 0.05) is 18.2 Å². The molecule has 1 aromatic carbocycles. The maximum absolute atomic E-state index is 10.6. The summed E-state index contributed by atoms with van der Waals surface area (Å²) >= 11 is 0. The normalized spacial score (nSPS) is 10.6. The third-order valence-corrected chi connectivity index (χ3v) is 1.96. The molecule has 4 heteroatoms. The molecule has 0 aliphatic carbocycles. The number of nitro groups is 1. The molecule has 4 nitrogen and oxygen atoms in total. The monoisotopic (exact) mass is 194 g/mol. The lowest BCUT2D eigenvalue weighted by Crippen LogP contribution is -2.10. The molecule has 0 spiro atoms. The lowest BCUT2D eigenvalue weighted by molar-refractivity contribution is -0.385. The number of nitro benzene ring substituents is 1. The first kappa shape index (κ1) is 10.7. The van der Waals surface area contributed by atoms with Gasteiger partial charge >= 0.3 is 0 Å². The van der Waals surface area contributed by atoms with Crippen LogP contribution < -0.4 is 0 Å². The molecule has 0 fully saturated rings. The van der Waals surface area contributed by atoms with Gasteiger partial charge in [-0.3, -0.25) is 10.1 Å². The lowest BCUT2D eigenvalue weighted by atomic mass is 10.1. The first-order chi connectivity index (χ1) is 6.50. The Morgan fingerprint density at radius 3 is 2.50 bits per heavy atom. The average molecular weight is 194 g/mol. The number of hydrogen-bond donors (Lipinski definition) is 0. The summed E-state index contributed by atoms with van der Waals surface area (Å²) in [6.07, 6.45) is 0. The Kier molecular flexibility index (Phi) is 3.19. The van der Waals surface area contributed by atoms with Gasteiger partial charge in [0.15, 0.2) is 0 Å². The van der Waals surface area contributed by atoms with Crippen molar-refractivity contribution >= 4 is 5.69 Å². The van der Waals surface area contributed by atoms with Gasteiger partial charge < -0.3 is 4.90 Å². The zero-order chi connectivity index (χ0) is 10.7. The van der Waals surface area contributed by atoms with Crippen molar-refractivity contribution in [2.75, 3.05) is 14.1 Å². The van der Waals surface area contributed by atoms with E-state index < -0.39 is 0 Å². The van der Waals surface area contributed by atoms with Crippen LogP contribution in [-0.2, 0) is 6.54 Å². The molecule has 0 bridgehead atoms. The Balaban J connectivity index is 2.94. The van der Waals surface area contributed by atoms with Crippen LogP contribution in [0.3, 0.4) is 0 Å². The predicted molar refractivity (Wildman–Crippen MR) is 55.2 cm³/mol. The SMILES string of the molecule is Cc1cc(CN(C)C)ccc1[N+](=O)[O-]. The van der Waals surface area contributed by atoms with Gasteiger partial charge in [0.05, 0.1) is 4.92 Å².